The summed E-state index contributed by atoms with van der Waals surface area (Å²) in [7, 11) is -3.64. The zero-order valence-electron chi connectivity index (χ0n) is 19.3. The number of nitrogens with zero attached hydrogens (tertiary/aromatic N) is 1. The molecule has 0 unspecified atom stereocenters. The molecule has 2 aliphatic rings. The predicted octanol–water partition coefficient (Wildman–Crippen LogP) is 2.08. The Kier molecular flexibility index (Phi) is 8.85. The highest BCUT2D eigenvalue weighted by atomic mass is 32.2. The van der Waals surface area contributed by atoms with Crippen LogP contribution in [-0.4, -0.2) is 63.4 Å². The van der Waals surface area contributed by atoms with Gasteiger partial charge in [0.1, 0.15) is 12.4 Å². The van der Waals surface area contributed by atoms with Crippen molar-refractivity contribution in [3.63, 3.8) is 0 Å². The lowest BCUT2D eigenvalue weighted by molar-refractivity contribution is -0.124. The molecule has 1 saturated carbocycles. The van der Waals surface area contributed by atoms with Crippen molar-refractivity contribution in [2.75, 3.05) is 30.9 Å². The van der Waals surface area contributed by atoms with Crippen molar-refractivity contribution < 1.29 is 28.0 Å². The molecule has 0 aromatic heterocycles. The normalized spacial score (nSPS) is 16.8. The molecule has 1 amide bonds. The van der Waals surface area contributed by atoms with Gasteiger partial charge in [0.15, 0.2) is 9.84 Å². The van der Waals surface area contributed by atoms with E-state index in [1.54, 1.807) is 12.1 Å². The van der Waals surface area contributed by atoms with E-state index in [-0.39, 0.29) is 18.7 Å². The summed E-state index contributed by atoms with van der Waals surface area (Å²) in [5, 5.41) is 22.2. The number of rotatable bonds is 10. The second-order valence-corrected chi connectivity index (χ2v) is 11.3. The number of likely N-dealkylation sites (N-methyl/N-ethyl adjacent to an activating group) is 1. The second-order valence-electron chi connectivity index (χ2n) is 9.28. The van der Waals surface area contributed by atoms with Crippen LogP contribution in [0.15, 0.2) is 53.4 Å². The Hall–Kier alpha value is -2.56. The maximum atomic E-state index is 13.4. The van der Waals surface area contributed by atoms with Crippen LogP contribution in [0.4, 0.5) is 5.69 Å². The van der Waals surface area contributed by atoms with E-state index < -0.39 is 40.5 Å². The van der Waals surface area contributed by atoms with Gasteiger partial charge in [-0.1, -0.05) is 50.6 Å². The van der Waals surface area contributed by atoms with Crippen molar-refractivity contribution in [1.29, 1.82) is 0 Å². The van der Waals surface area contributed by atoms with Gasteiger partial charge in [-0.25, -0.2) is 8.42 Å². The topological polar surface area (TPSA) is 116 Å². The largest absolute Gasteiger partial charge is 0.490 e. The van der Waals surface area contributed by atoms with E-state index in [2.05, 4.69) is 5.32 Å². The number of hydrogen-bond acceptors (Lipinski definition) is 7. The van der Waals surface area contributed by atoms with Crippen molar-refractivity contribution in [2.24, 2.45) is 11.8 Å². The van der Waals surface area contributed by atoms with Crippen molar-refractivity contribution in [3.8, 4) is 5.75 Å². The fraction of sp³-hybridized carbons (Fsp3) is 0.480. The first kappa shape index (κ1) is 27.0. The molecule has 1 fully saturated rings. The van der Waals surface area contributed by atoms with Crippen LogP contribution in [0.5, 0.6) is 5.75 Å². The fourth-order valence-electron chi connectivity index (χ4n) is 4.28. The molecule has 10 heteroatoms. The van der Waals surface area contributed by atoms with Gasteiger partial charge >= 0.3 is 7.12 Å². The molecule has 2 aromatic carbocycles. The molecule has 4 rings (SSSR count). The predicted molar refractivity (Wildman–Crippen MR) is 137 cm³/mol. The highest BCUT2D eigenvalue weighted by molar-refractivity contribution is 7.91. The summed E-state index contributed by atoms with van der Waals surface area (Å²) in [5.41, 5.74) is 1.53. The number of carbonyl (C=O) groups excluding carboxylic acids is 1. The van der Waals surface area contributed by atoms with Gasteiger partial charge in [0.05, 0.1) is 34.7 Å². The number of ether oxygens (including phenoxy) is 1. The molecule has 1 aliphatic carbocycles. The molecule has 0 bridgehead atoms. The van der Waals surface area contributed by atoms with Crippen LogP contribution >= 0.6 is 0 Å². The van der Waals surface area contributed by atoms with Crippen LogP contribution in [0.2, 0.25) is 0 Å². The molecule has 3 N–H and O–H groups in total. The first-order chi connectivity index (χ1) is 16.2. The minimum Gasteiger partial charge on any atom is -0.490 e. The SMILES string of the molecule is C.CN1CCOc2ccc(S(=O)(=O)C[C@@H](Cc3ccccc3)C(=O)N[C@@H](CC3CC3)B(O)O)cc21. The Morgan fingerprint density at radius 2 is 1.91 bits per heavy atom. The maximum absolute atomic E-state index is 13.4. The van der Waals surface area contributed by atoms with E-state index in [1.165, 1.54) is 6.07 Å². The lowest BCUT2D eigenvalue weighted by Crippen LogP contribution is -2.50. The molecule has 190 valence electrons. The van der Waals surface area contributed by atoms with Crippen LogP contribution in [0.1, 0.15) is 32.3 Å². The van der Waals surface area contributed by atoms with Gasteiger partial charge in [-0.05, 0) is 42.5 Å². The average Bonchev–Trinajstić information content (AvgIpc) is 3.63. The van der Waals surface area contributed by atoms with Crippen molar-refractivity contribution in [2.45, 2.75) is 43.9 Å². The standard InChI is InChI=1S/C24H31BN2O6S.CH4/c1-27-11-12-33-22-10-9-20(15-21(22)27)34(31,32)16-19(13-17-5-3-2-4-6-17)24(28)26-23(25(29)30)14-18-7-8-18;/h2-6,9-10,15,18-19,23,29-30H,7-8,11-14,16H2,1H3,(H,26,28);1H4/t19-,23+;/m1./s1. The van der Waals surface area contributed by atoms with Gasteiger partial charge in [0.25, 0.3) is 0 Å². The summed E-state index contributed by atoms with van der Waals surface area (Å²) in [6.45, 7) is 1.19. The van der Waals surface area contributed by atoms with Crippen molar-refractivity contribution in [3.05, 3.63) is 54.1 Å². The van der Waals surface area contributed by atoms with Gasteiger partial charge in [-0.2, -0.15) is 0 Å². The van der Waals surface area contributed by atoms with E-state index in [1.807, 2.05) is 42.3 Å². The molecule has 1 aliphatic heterocycles. The summed E-state index contributed by atoms with van der Waals surface area (Å²) >= 11 is 0. The van der Waals surface area contributed by atoms with Crippen LogP contribution in [0.25, 0.3) is 0 Å². The third-order valence-electron chi connectivity index (χ3n) is 6.47. The van der Waals surface area contributed by atoms with Gasteiger partial charge in [0, 0.05) is 7.05 Å². The first-order valence-corrected chi connectivity index (χ1v) is 13.3. The van der Waals surface area contributed by atoms with E-state index >= 15 is 0 Å². The number of benzene rings is 2. The maximum Gasteiger partial charge on any atom is 0.475 e. The van der Waals surface area contributed by atoms with Crippen LogP contribution in [0.3, 0.4) is 0 Å². The summed E-state index contributed by atoms with van der Waals surface area (Å²) in [4.78, 5) is 15.3. The molecule has 1 heterocycles. The van der Waals surface area contributed by atoms with Gasteiger partial charge in [-0.3, -0.25) is 4.79 Å². The zero-order valence-corrected chi connectivity index (χ0v) is 20.1. The van der Waals surface area contributed by atoms with Gasteiger partial charge in [-0.15, -0.1) is 0 Å². The van der Waals surface area contributed by atoms with Crippen molar-refractivity contribution in [1.82, 2.24) is 5.32 Å². The zero-order chi connectivity index (χ0) is 24.3. The molecule has 0 radical (unpaired) electrons. The summed E-state index contributed by atoms with van der Waals surface area (Å²) < 4.78 is 32.4. The van der Waals surface area contributed by atoms with Crippen LogP contribution < -0.4 is 15.0 Å². The first-order valence-electron chi connectivity index (χ1n) is 11.6. The van der Waals surface area contributed by atoms with E-state index in [9.17, 15) is 23.3 Å². The molecule has 2 atom stereocenters. The highest BCUT2D eigenvalue weighted by Crippen LogP contribution is 2.35. The second kappa shape index (κ2) is 11.5. The van der Waals surface area contributed by atoms with Crippen molar-refractivity contribution >= 4 is 28.6 Å². The third-order valence-corrected chi connectivity index (χ3v) is 8.29. The minimum atomic E-state index is -3.82. The van der Waals surface area contributed by atoms with Crippen LogP contribution in [0, 0.1) is 11.8 Å². The number of amides is 1. The summed E-state index contributed by atoms with van der Waals surface area (Å²) in [6, 6.07) is 14.0. The number of fused-ring (bicyclic) bond motifs is 1. The summed E-state index contributed by atoms with van der Waals surface area (Å²) in [5.74, 6) is -1.61. The molecule has 0 saturated heterocycles. The smallest absolute Gasteiger partial charge is 0.475 e. The van der Waals surface area contributed by atoms with Crippen LogP contribution in [-0.2, 0) is 21.1 Å². The highest BCUT2D eigenvalue weighted by Gasteiger charge is 2.35. The van der Waals surface area contributed by atoms with Gasteiger partial charge < -0.3 is 25.0 Å². The molecule has 8 nitrogen and oxygen atoms in total. The number of nitrogens with one attached hydrogen (secondary N) is 1. The van der Waals surface area contributed by atoms with Gasteiger partial charge in [0.2, 0.25) is 5.91 Å². The number of anilines is 1. The lowest BCUT2D eigenvalue weighted by Gasteiger charge is -2.28. The average molecular weight is 502 g/mol. The molecular weight excluding hydrogens is 467 g/mol. The Labute approximate surface area is 208 Å². The Bertz CT molecular complexity index is 1110. The Morgan fingerprint density at radius 1 is 1.20 bits per heavy atom. The lowest BCUT2D eigenvalue weighted by atomic mass is 9.76. The van der Waals surface area contributed by atoms with E-state index in [4.69, 9.17) is 4.74 Å². The number of sulfone groups is 1. The number of hydrogen-bond donors (Lipinski definition) is 3. The quantitative estimate of drug-likeness (QED) is 0.426. The third kappa shape index (κ3) is 6.99. The number of carbonyl (C=O) groups is 1. The van der Waals surface area contributed by atoms with E-state index in [0.717, 1.165) is 18.4 Å². The Balaban J connectivity index is 0.00000342. The van der Waals surface area contributed by atoms with E-state index in [0.29, 0.717) is 36.9 Å². The monoisotopic (exact) mass is 502 g/mol. The fourth-order valence-corrected chi connectivity index (χ4v) is 5.84. The molecule has 2 aromatic rings. The molecular formula is C25H35BN2O6S. The summed E-state index contributed by atoms with van der Waals surface area (Å²) in [6.07, 6.45) is 2.68. The molecule has 35 heavy (non-hydrogen) atoms. The minimum absolute atomic E-state index is 0. The Morgan fingerprint density at radius 3 is 2.57 bits per heavy atom. The molecule has 0 spiro atoms.